The molecule has 7 heteroatoms. The molecule has 29 heavy (non-hydrogen) atoms. The van der Waals surface area contributed by atoms with E-state index in [1.807, 2.05) is 13.0 Å². The van der Waals surface area contributed by atoms with E-state index in [0.717, 1.165) is 35.7 Å². The molecular weight excluding hydrogens is 452 g/mol. The van der Waals surface area contributed by atoms with Gasteiger partial charge in [-0.2, -0.15) is 0 Å². The molecule has 2 aromatic rings. The zero-order valence-electron chi connectivity index (χ0n) is 16.8. The van der Waals surface area contributed by atoms with Gasteiger partial charge in [-0.3, -0.25) is 9.10 Å². The minimum absolute atomic E-state index is 0.177. The van der Waals surface area contributed by atoms with E-state index < -0.39 is 10.0 Å². The number of carbonyl (C=O) groups is 1. The molecule has 0 atom stereocenters. The first-order valence-corrected chi connectivity index (χ1v) is 12.1. The molecular formula is C22H27BrN2O3S. The van der Waals surface area contributed by atoms with Gasteiger partial charge in [-0.15, -0.1) is 0 Å². The van der Waals surface area contributed by atoms with Crippen molar-refractivity contribution in [2.24, 2.45) is 0 Å². The Bertz CT molecular complexity index is 954. The number of halogens is 1. The Kier molecular flexibility index (Phi) is 7.01. The summed E-state index contributed by atoms with van der Waals surface area (Å²) >= 11 is 3.40. The van der Waals surface area contributed by atoms with Gasteiger partial charge in [-0.1, -0.05) is 59.0 Å². The minimum atomic E-state index is -3.88. The van der Waals surface area contributed by atoms with Crippen LogP contribution in [0.3, 0.4) is 0 Å². The lowest BCUT2D eigenvalue weighted by molar-refractivity contribution is -0.130. The second-order valence-corrected chi connectivity index (χ2v) is 10.4. The second-order valence-electron chi connectivity index (χ2n) is 7.60. The van der Waals surface area contributed by atoms with E-state index in [0.29, 0.717) is 5.69 Å². The van der Waals surface area contributed by atoms with Crippen molar-refractivity contribution in [2.45, 2.75) is 50.0 Å². The van der Waals surface area contributed by atoms with Gasteiger partial charge < -0.3 is 4.90 Å². The number of rotatable bonds is 6. The monoisotopic (exact) mass is 478 g/mol. The van der Waals surface area contributed by atoms with Gasteiger partial charge in [0.05, 0.1) is 10.6 Å². The number of benzene rings is 2. The summed E-state index contributed by atoms with van der Waals surface area (Å²) in [6.07, 6.45) is 5.37. The lowest BCUT2D eigenvalue weighted by Gasteiger charge is -2.33. The third-order valence-electron chi connectivity index (χ3n) is 5.50. The smallest absolute Gasteiger partial charge is 0.264 e. The zero-order chi connectivity index (χ0) is 21.0. The summed E-state index contributed by atoms with van der Waals surface area (Å²) in [4.78, 5) is 15.0. The summed E-state index contributed by atoms with van der Waals surface area (Å²) < 4.78 is 28.8. The second kappa shape index (κ2) is 9.30. The molecule has 2 aromatic carbocycles. The Balaban J connectivity index is 1.93. The van der Waals surface area contributed by atoms with Gasteiger partial charge in [0.1, 0.15) is 6.54 Å². The molecule has 0 spiro atoms. The first kappa shape index (κ1) is 21.8. The molecule has 0 saturated heterocycles. The Hall–Kier alpha value is -1.86. The molecule has 1 fully saturated rings. The van der Waals surface area contributed by atoms with E-state index >= 15 is 0 Å². The van der Waals surface area contributed by atoms with Crippen LogP contribution < -0.4 is 4.31 Å². The van der Waals surface area contributed by atoms with Gasteiger partial charge in [0.15, 0.2) is 0 Å². The summed E-state index contributed by atoms with van der Waals surface area (Å²) in [5, 5.41) is 0. The molecule has 156 valence electrons. The number of hydrogen-bond donors (Lipinski definition) is 0. The highest BCUT2D eigenvalue weighted by Crippen LogP contribution is 2.27. The summed E-state index contributed by atoms with van der Waals surface area (Å²) in [5.74, 6) is -0.187. The fourth-order valence-electron chi connectivity index (χ4n) is 3.69. The highest BCUT2D eigenvalue weighted by atomic mass is 79.9. The third-order valence-corrected chi connectivity index (χ3v) is 7.78. The molecule has 3 rings (SSSR count). The van der Waals surface area contributed by atoms with Crippen molar-refractivity contribution in [1.29, 1.82) is 0 Å². The molecule has 5 nitrogen and oxygen atoms in total. The van der Waals surface area contributed by atoms with Crippen LogP contribution in [0.2, 0.25) is 0 Å². The van der Waals surface area contributed by atoms with Gasteiger partial charge in [0.2, 0.25) is 5.91 Å². The van der Waals surface area contributed by atoms with Gasteiger partial charge in [-0.25, -0.2) is 8.42 Å². The summed E-state index contributed by atoms with van der Waals surface area (Å²) in [5.41, 5.74) is 1.44. The molecule has 0 aliphatic heterocycles. The predicted octanol–water partition coefficient (Wildman–Crippen LogP) is 4.74. The Morgan fingerprint density at radius 2 is 1.72 bits per heavy atom. The molecule has 0 bridgehead atoms. The van der Waals surface area contributed by atoms with E-state index in [-0.39, 0.29) is 23.4 Å². The van der Waals surface area contributed by atoms with Gasteiger partial charge in [0.25, 0.3) is 10.0 Å². The van der Waals surface area contributed by atoms with Crippen molar-refractivity contribution in [2.75, 3.05) is 17.9 Å². The lowest BCUT2D eigenvalue weighted by Crippen LogP contribution is -2.45. The first-order valence-electron chi connectivity index (χ1n) is 9.89. The number of hydrogen-bond acceptors (Lipinski definition) is 3. The largest absolute Gasteiger partial charge is 0.341 e. The summed E-state index contributed by atoms with van der Waals surface area (Å²) in [6.45, 7) is 1.69. The molecule has 1 aliphatic rings. The molecule has 0 N–H and O–H groups in total. The van der Waals surface area contributed by atoms with Crippen molar-refractivity contribution in [3.05, 3.63) is 58.6 Å². The summed E-state index contributed by atoms with van der Waals surface area (Å²) in [7, 11) is -2.09. The van der Waals surface area contributed by atoms with Crippen LogP contribution in [0.15, 0.2) is 57.9 Å². The van der Waals surface area contributed by atoms with Crippen LogP contribution in [-0.4, -0.2) is 38.9 Å². The van der Waals surface area contributed by atoms with E-state index in [4.69, 9.17) is 0 Å². The standard InChI is InChI=1S/C22H27BrN2O3S/c1-17-11-13-21(14-12-17)29(27,28)25(20-10-6-7-18(23)15-20)16-22(26)24(2)19-8-4-3-5-9-19/h6-7,10-15,19H,3-5,8-9,16H2,1-2H3. The molecule has 0 radical (unpaired) electrons. The van der Waals surface area contributed by atoms with Crippen LogP contribution in [0.4, 0.5) is 5.69 Å². The fourth-order valence-corrected chi connectivity index (χ4v) is 5.48. The van der Waals surface area contributed by atoms with Crippen LogP contribution in [-0.2, 0) is 14.8 Å². The van der Waals surface area contributed by atoms with Crippen molar-refractivity contribution >= 4 is 37.5 Å². The number of carbonyl (C=O) groups excluding carboxylic acids is 1. The van der Waals surface area contributed by atoms with Crippen molar-refractivity contribution in [3.63, 3.8) is 0 Å². The topological polar surface area (TPSA) is 57.7 Å². The Labute approximate surface area is 181 Å². The van der Waals surface area contributed by atoms with Crippen molar-refractivity contribution < 1.29 is 13.2 Å². The van der Waals surface area contributed by atoms with Crippen LogP contribution >= 0.6 is 15.9 Å². The minimum Gasteiger partial charge on any atom is -0.341 e. The van der Waals surface area contributed by atoms with E-state index in [1.165, 1.54) is 10.7 Å². The zero-order valence-corrected chi connectivity index (χ0v) is 19.2. The molecule has 1 aliphatic carbocycles. The molecule has 0 heterocycles. The van der Waals surface area contributed by atoms with Crippen LogP contribution in [0.5, 0.6) is 0 Å². The predicted molar refractivity (Wildman–Crippen MR) is 119 cm³/mol. The third kappa shape index (κ3) is 5.20. The van der Waals surface area contributed by atoms with Crippen LogP contribution in [0, 0.1) is 6.92 Å². The van der Waals surface area contributed by atoms with E-state index in [1.54, 1.807) is 54.4 Å². The number of amides is 1. The molecule has 0 aromatic heterocycles. The number of anilines is 1. The average molecular weight is 479 g/mol. The first-order chi connectivity index (χ1) is 13.8. The van der Waals surface area contributed by atoms with Gasteiger partial charge in [-0.05, 0) is 50.1 Å². The van der Waals surface area contributed by atoms with Gasteiger partial charge in [0, 0.05) is 17.6 Å². The maximum absolute atomic E-state index is 13.4. The lowest BCUT2D eigenvalue weighted by atomic mass is 9.94. The highest BCUT2D eigenvalue weighted by molar-refractivity contribution is 9.10. The molecule has 1 saturated carbocycles. The highest BCUT2D eigenvalue weighted by Gasteiger charge is 2.30. The summed E-state index contributed by atoms with van der Waals surface area (Å²) in [6, 6.07) is 13.9. The quantitative estimate of drug-likeness (QED) is 0.601. The van der Waals surface area contributed by atoms with E-state index in [2.05, 4.69) is 15.9 Å². The fraction of sp³-hybridized carbons (Fsp3) is 0.409. The van der Waals surface area contributed by atoms with Crippen LogP contribution in [0.1, 0.15) is 37.7 Å². The SMILES string of the molecule is Cc1ccc(S(=O)(=O)N(CC(=O)N(C)C2CCCCC2)c2cccc(Br)c2)cc1. The van der Waals surface area contributed by atoms with Gasteiger partial charge >= 0.3 is 0 Å². The number of nitrogens with zero attached hydrogens (tertiary/aromatic N) is 2. The van der Waals surface area contributed by atoms with Crippen LogP contribution in [0.25, 0.3) is 0 Å². The average Bonchev–Trinajstić information content (AvgIpc) is 2.72. The number of aryl methyl sites for hydroxylation is 1. The maximum Gasteiger partial charge on any atom is 0.264 e. The number of sulfonamides is 1. The molecule has 0 unspecified atom stereocenters. The van der Waals surface area contributed by atoms with Crippen molar-refractivity contribution in [1.82, 2.24) is 4.90 Å². The van der Waals surface area contributed by atoms with E-state index in [9.17, 15) is 13.2 Å². The number of likely N-dealkylation sites (N-methyl/N-ethyl adjacent to an activating group) is 1. The molecule has 1 amide bonds. The van der Waals surface area contributed by atoms with Crippen molar-refractivity contribution in [3.8, 4) is 0 Å². The normalized spacial score (nSPS) is 15.1. The maximum atomic E-state index is 13.4. The Morgan fingerprint density at radius 3 is 2.34 bits per heavy atom. The Morgan fingerprint density at radius 1 is 1.07 bits per heavy atom.